The lowest BCUT2D eigenvalue weighted by molar-refractivity contribution is 0.0123. The van der Waals surface area contributed by atoms with Gasteiger partial charge in [0.2, 0.25) is 0 Å². The number of rotatable bonds is 5. The maximum absolute atomic E-state index is 12.4. The molecule has 1 aromatic heterocycles. The van der Waals surface area contributed by atoms with Crippen molar-refractivity contribution in [3.63, 3.8) is 0 Å². The van der Waals surface area contributed by atoms with Crippen LogP contribution < -0.4 is 5.32 Å². The summed E-state index contributed by atoms with van der Waals surface area (Å²) >= 11 is 5.99. The van der Waals surface area contributed by atoms with E-state index in [4.69, 9.17) is 16.3 Å². The number of nitrogens with zero attached hydrogens (tertiary/aromatic N) is 1. The number of carbonyl (C=O) groups is 1. The van der Waals surface area contributed by atoms with E-state index in [9.17, 15) is 9.90 Å². The number of hydrogen-bond donors (Lipinski definition) is 2. The first-order chi connectivity index (χ1) is 9.60. The van der Waals surface area contributed by atoms with Crippen molar-refractivity contribution < 1.29 is 14.6 Å². The lowest BCUT2D eigenvalue weighted by Crippen LogP contribution is -2.54. The highest BCUT2D eigenvalue weighted by atomic mass is 35.5. The average Bonchev–Trinajstić information content (AvgIpc) is 2.81. The zero-order valence-corrected chi connectivity index (χ0v) is 12.4. The van der Waals surface area contributed by atoms with Gasteiger partial charge in [0.05, 0.1) is 17.2 Å². The summed E-state index contributed by atoms with van der Waals surface area (Å²) in [6.45, 7) is 3.81. The average molecular weight is 301 g/mol. The Labute approximate surface area is 123 Å². The van der Waals surface area contributed by atoms with Crippen LogP contribution in [0.5, 0.6) is 0 Å². The van der Waals surface area contributed by atoms with Crippen molar-refractivity contribution in [1.82, 2.24) is 9.88 Å². The minimum Gasteiger partial charge on any atom is -0.394 e. The van der Waals surface area contributed by atoms with Crippen molar-refractivity contribution in [3.05, 3.63) is 23.0 Å². The highest BCUT2D eigenvalue weighted by Crippen LogP contribution is 2.22. The van der Waals surface area contributed by atoms with E-state index in [2.05, 4.69) is 5.32 Å². The molecule has 0 aliphatic carbocycles. The molecule has 2 N–H and O–H groups in total. The second-order valence-corrected chi connectivity index (χ2v) is 5.68. The van der Waals surface area contributed by atoms with Crippen LogP contribution in [0.15, 0.2) is 12.3 Å². The maximum atomic E-state index is 12.4. The quantitative estimate of drug-likeness (QED) is 0.872. The van der Waals surface area contributed by atoms with Crippen LogP contribution in [0.25, 0.3) is 0 Å². The van der Waals surface area contributed by atoms with Crippen molar-refractivity contribution >= 4 is 17.5 Å². The first-order valence-corrected chi connectivity index (χ1v) is 7.35. The van der Waals surface area contributed by atoms with Crippen molar-refractivity contribution in [2.24, 2.45) is 0 Å². The summed E-state index contributed by atoms with van der Waals surface area (Å²) in [4.78, 5) is 12.4. The van der Waals surface area contributed by atoms with Crippen LogP contribution in [-0.2, 0) is 11.3 Å². The number of ether oxygens (including phenoxy) is 1. The molecule has 6 heteroatoms. The Bertz CT molecular complexity index is 467. The molecule has 0 unspecified atom stereocenters. The lowest BCUT2D eigenvalue weighted by atomic mass is 9.91. The smallest absolute Gasteiger partial charge is 0.268 e. The van der Waals surface area contributed by atoms with Crippen LogP contribution in [0.3, 0.4) is 0 Å². The summed E-state index contributed by atoms with van der Waals surface area (Å²) in [5.41, 5.74) is -0.0421. The van der Waals surface area contributed by atoms with Gasteiger partial charge in [-0.1, -0.05) is 18.5 Å². The second-order valence-electron chi connectivity index (χ2n) is 5.24. The summed E-state index contributed by atoms with van der Waals surface area (Å²) < 4.78 is 7.14. The fraction of sp³-hybridized carbons (Fsp3) is 0.643. The van der Waals surface area contributed by atoms with Gasteiger partial charge >= 0.3 is 0 Å². The monoisotopic (exact) mass is 300 g/mol. The molecule has 2 heterocycles. The summed E-state index contributed by atoms with van der Waals surface area (Å²) in [7, 11) is 0. The molecule has 1 fully saturated rings. The van der Waals surface area contributed by atoms with Crippen LogP contribution in [0, 0.1) is 0 Å². The number of hydrogen-bond acceptors (Lipinski definition) is 3. The van der Waals surface area contributed by atoms with Crippen molar-refractivity contribution in [2.45, 2.75) is 38.3 Å². The Kier molecular flexibility index (Phi) is 5.07. The zero-order chi connectivity index (χ0) is 14.6. The molecule has 0 atom stereocenters. The molecule has 1 amide bonds. The first kappa shape index (κ1) is 15.4. The molecule has 0 radical (unpaired) electrons. The number of carbonyl (C=O) groups excluding carboxylic acids is 1. The van der Waals surface area contributed by atoms with E-state index < -0.39 is 5.54 Å². The van der Waals surface area contributed by atoms with Gasteiger partial charge in [-0.05, 0) is 25.3 Å². The van der Waals surface area contributed by atoms with Crippen molar-refractivity contribution in [1.29, 1.82) is 0 Å². The van der Waals surface area contributed by atoms with E-state index >= 15 is 0 Å². The van der Waals surface area contributed by atoms with E-state index in [0.717, 1.165) is 13.0 Å². The Morgan fingerprint density at radius 1 is 1.55 bits per heavy atom. The van der Waals surface area contributed by atoms with Crippen LogP contribution in [-0.4, -0.2) is 40.9 Å². The molecule has 0 bridgehead atoms. The molecule has 112 valence electrons. The van der Waals surface area contributed by atoms with Gasteiger partial charge in [0, 0.05) is 26.0 Å². The minimum atomic E-state index is -0.580. The van der Waals surface area contributed by atoms with Crippen molar-refractivity contribution in [3.8, 4) is 0 Å². The third-order valence-corrected chi connectivity index (χ3v) is 3.90. The highest BCUT2D eigenvalue weighted by Gasteiger charge is 2.34. The lowest BCUT2D eigenvalue weighted by Gasteiger charge is -2.36. The van der Waals surface area contributed by atoms with Crippen molar-refractivity contribution in [2.75, 3.05) is 19.8 Å². The standard InChI is InChI=1S/C14H21ClN2O3/c1-2-5-17-9-11(15)8-12(17)13(19)16-14(10-18)3-6-20-7-4-14/h8-9,18H,2-7,10H2,1H3,(H,16,19). The zero-order valence-electron chi connectivity index (χ0n) is 11.7. The molecule has 0 saturated carbocycles. The van der Waals surface area contributed by atoms with E-state index in [1.54, 1.807) is 12.3 Å². The molecule has 2 rings (SSSR count). The largest absolute Gasteiger partial charge is 0.394 e. The minimum absolute atomic E-state index is 0.0790. The molecule has 1 saturated heterocycles. The number of aryl methyl sites for hydroxylation is 1. The number of amides is 1. The molecule has 0 aromatic carbocycles. The fourth-order valence-corrected chi connectivity index (χ4v) is 2.70. The number of aliphatic hydroxyl groups excluding tert-OH is 1. The van der Waals surface area contributed by atoms with Gasteiger partial charge in [0.1, 0.15) is 5.69 Å². The third-order valence-electron chi connectivity index (χ3n) is 3.69. The van der Waals surface area contributed by atoms with Gasteiger partial charge in [-0.3, -0.25) is 4.79 Å². The molecular weight excluding hydrogens is 280 g/mol. The molecular formula is C14H21ClN2O3. The fourth-order valence-electron chi connectivity index (χ4n) is 2.48. The molecule has 1 aromatic rings. The predicted octanol–water partition coefficient (Wildman–Crippen LogP) is 1.82. The number of aliphatic hydroxyl groups is 1. The molecule has 20 heavy (non-hydrogen) atoms. The van der Waals surface area contributed by atoms with E-state index in [-0.39, 0.29) is 12.5 Å². The Balaban J connectivity index is 2.14. The SMILES string of the molecule is CCCn1cc(Cl)cc1C(=O)NC1(CO)CCOCC1. The van der Waals surface area contributed by atoms with Gasteiger partial charge in [-0.15, -0.1) is 0 Å². The van der Waals surface area contributed by atoms with Gasteiger partial charge < -0.3 is 19.7 Å². The highest BCUT2D eigenvalue weighted by molar-refractivity contribution is 6.31. The summed E-state index contributed by atoms with van der Waals surface area (Å²) in [6, 6.07) is 1.66. The van der Waals surface area contributed by atoms with Gasteiger partial charge in [-0.2, -0.15) is 0 Å². The van der Waals surface area contributed by atoms with Crippen LogP contribution in [0.2, 0.25) is 5.02 Å². The summed E-state index contributed by atoms with van der Waals surface area (Å²) in [6.07, 6.45) is 3.93. The summed E-state index contributed by atoms with van der Waals surface area (Å²) in [5.74, 6) is -0.193. The third kappa shape index (κ3) is 3.34. The van der Waals surface area contributed by atoms with Crippen LogP contribution >= 0.6 is 11.6 Å². The number of aromatic nitrogens is 1. The van der Waals surface area contributed by atoms with Gasteiger partial charge in [0.15, 0.2) is 0 Å². The second kappa shape index (κ2) is 6.61. The predicted molar refractivity (Wildman–Crippen MR) is 77.1 cm³/mol. The molecule has 1 aliphatic heterocycles. The number of nitrogens with one attached hydrogen (secondary N) is 1. The van der Waals surface area contributed by atoms with E-state index in [0.29, 0.717) is 36.8 Å². The molecule has 0 spiro atoms. The topological polar surface area (TPSA) is 63.5 Å². The summed E-state index contributed by atoms with van der Waals surface area (Å²) in [5, 5.41) is 13.1. The molecule has 1 aliphatic rings. The van der Waals surface area contributed by atoms with Gasteiger partial charge in [0.25, 0.3) is 5.91 Å². The van der Waals surface area contributed by atoms with E-state index in [1.165, 1.54) is 0 Å². The van der Waals surface area contributed by atoms with E-state index in [1.807, 2.05) is 11.5 Å². The Morgan fingerprint density at radius 2 is 2.25 bits per heavy atom. The van der Waals surface area contributed by atoms with Crippen LogP contribution in [0.1, 0.15) is 36.7 Å². The van der Waals surface area contributed by atoms with Gasteiger partial charge in [-0.25, -0.2) is 0 Å². The van der Waals surface area contributed by atoms with Crippen LogP contribution in [0.4, 0.5) is 0 Å². The Morgan fingerprint density at radius 3 is 2.85 bits per heavy atom. The maximum Gasteiger partial charge on any atom is 0.268 e. The normalized spacial score (nSPS) is 17.9. The number of halogens is 1. The Hall–Kier alpha value is -1.04. The first-order valence-electron chi connectivity index (χ1n) is 6.97. The molecule has 5 nitrogen and oxygen atoms in total.